The number of halogens is 5. The molecule has 4 nitrogen and oxygen atoms in total. The van der Waals surface area contributed by atoms with Crippen molar-refractivity contribution in [2.75, 3.05) is 13.2 Å². The number of carbonyl (C=O) groups is 1. The zero-order valence-corrected chi connectivity index (χ0v) is 16.0. The predicted molar refractivity (Wildman–Crippen MR) is 99.2 cm³/mol. The molecule has 1 aliphatic heterocycles. The Hall–Kier alpha value is -2.12. The third-order valence-corrected chi connectivity index (χ3v) is 4.90. The zero-order valence-electron chi connectivity index (χ0n) is 14.5. The molecule has 1 atom stereocenters. The molecule has 0 bridgehead atoms. The summed E-state index contributed by atoms with van der Waals surface area (Å²) in [5.74, 6) is -0.831. The summed E-state index contributed by atoms with van der Waals surface area (Å²) in [4.78, 5) is 10.9. The van der Waals surface area contributed by atoms with E-state index in [1.165, 1.54) is 0 Å². The van der Waals surface area contributed by atoms with Crippen LogP contribution in [-0.4, -0.2) is 25.2 Å². The second kappa shape index (κ2) is 8.49. The minimum atomic E-state index is -4.87. The van der Waals surface area contributed by atoms with Gasteiger partial charge in [-0.25, -0.2) is 0 Å². The van der Waals surface area contributed by atoms with Crippen molar-refractivity contribution in [1.82, 2.24) is 5.32 Å². The lowest BCUT2D eigenvalue weighted by Crippen LogP contribution is -2.37. The highest BCUT2D eigenvalue weighted by Gasteiger charge is 2.38. The van der Waals surface area contributed by atoms with Crippen molar-refractivity contribution in [2.24, 2.45) is 0 Å². The molecule has 0 saturated carbocycles. The van der Waals surface area contributed by atoms with Crippen molar-refractivity contribution in [3.63, 3.8) is 0 Å². The Balaban J connectivity index is 1.56. The van der Waals surface area contributed by atoms with Crippen LogP contribution in [0.25, 0.3) is 0 Å². The van der Waals surface area contributed by atoms with Gasteiger partial charge in [-0.3, -0.25) is 4.79 Å². The van der Waals surface area contributed by atoms with Crippen LogP contribution in [0.3, 0.4) is 0 Å². The lowest BCUT2D eigenvalue weighted by molar-refractivity contribution is -0.173. The van der Waals surface area contributed by atoms with E-state index in [2.05, 4.69) is 0 Å². The van der Waals surface area contributed by atoms with E-state index in [1.54, 1.807) is 30.3 Å². The molecule has 150 valence electrons. The van der Waals surface area contributed by atoms with Gasteiger partial charge in [-0.05, 0) is 24.6 Å². The quantitative estimate of drug-likeness (QED) is 0.687. The first-order valence-electron chi connectivity index (χ1n) is 8.42. The lowest BCUT2D eigenvalue weighted by Gasteiger charge is -2.12. The number of amides is 1. The molecule has 1 aliphatic rings. The first kappa shape index (κ1) is 20.6. The minimum absolute atomic E-state index is 0.0842. The van der Waals surface area contributed by atoms with E-state index < -0.39 is 12.1 Å². The summed E-state index contributed by atoms with van der Waals surface area (Å²) >= 11 is 12.0. The fourth-order valence-corrected chi connectivity index (χ4v) is 3.31. The average molecular weight is 434 g/mol. The van der Waals surface area contributed by atoms with E-state index in [4.69, 9.17) is 32.7 Å². The first-order valence-corrected chi connectivity index (χ1v) is 9.18. The third-order valence-electron chi connectivity index (χ3n) is 4.31. The fourth-order valence-electron chi connectivity index (χ4n) is 2.85. The average Bonchev–Trinajstić information content (AvgIpc) is 3.02. The van der Waals surface area contributed by atoms with Gasteiger partial charge in [-0.2, -0.15) is 13.2 Å². The van der Waals surface area contributed by atoms with Crippen LogP contribution in [0.1, 0.15) is 23.5 Å². The van der Waals surface area contributed by atoms with Crippen LogP contribution in [-0.2, 0) is 11.4 Å². The Morgan fingerprint density at radius 3 is 2.71 bits per heavy atom. The number of ether oxygens (including phenoxy) is 2. The summed E-state index contributed by atoms with van der Waals surface area (Å²) < 4.78 is 48.0. The van der Waals surface area contributed by atoms with E-state index in [1.807, 2.05) is 11.4 Å². The number of benzene rings is 2. The minimum Gasteiger partial charge on any atom is -0.493 e. The molecule has 0 aromatic heterocycles. The molecule has 0 aliphatic carbocycles. The highest BCUT2D eigenvalue weighted by Crippen LogP contribution is 2.38. The number of nitrogens with one attached hydrogen (secondary N) is 1. The molecule has 9 heteroatoms. The van der Waals surface area contributed by atoms with Crippen molar-refractivity contribution in [1.29, 1.82) is 0 Å². The maximum atomic E-state index is 12.2. The highest BCUT2D eigenvalue weighted by atomic mass is 35.5. The Morgan fingerprint density at radius 2 is 2.00 bits per heavy atom. The molecular weight excluding hydrogens is 418 g/mol. The van der Waals surface area contributed by atoms with Gasteiger partial charge in [0.25, 0.3) is 0 Å². The normalized spacial score (nSPS) is 15.7. The van der Waals surface area contributed by atoms with Gasteiger partial charge in [0.1, 0.15) is 18.1 Å². The van der Waals surface area contributed by atoms with E-state index in [0.29, 0.717) is 34.6 Å². The van der Waals surface area contributed by atoms with Gasteiger partial charge in [0.15, 0.2) is 0 Å². The molecule has 3 rings (SSSR count). The third kappa shape index (κ3) is 5.02. The topological polar surface area (TPSA) is 47.6 Å². The molecule has 1 N–H and O–H groups in total. The van der Waals surface area contributed by atoms with E-state index >= 15 is 0 Å². The molecular formula is C19H16Cl2F3NO3. The lowest BCUT2D eigenvalue weighted by atomic mass is 9.98. The molecule has 2 aromatic rings. The molecule has 1 heterocycles. The molecule has 28 heavy (non-hydrogen) atoms. The smallest absolute Gasteiger partial charge is 0.471 e. The number of carbonyl (C=O) groups excluding carboxylic acids is 1. The largest absolute Gasteiger partial charge is 0.493 e. The van der Waals surface area contributed by atoms with Crippen molar-refractivity contribution in [3.8, 4) is 11.5 Å². The summed E-state index contributed by atoms with van der Waals surface area (Å²) in [7, 11) is 0. The van der Waals surface area contributed by atoms with Crippen molar-refractivity contribution in [2.45, 2.75) is 25.1 Å². The fraction of sp³-hybridized carbons (Fsp3) is 0.316. The Bertz CT molecular complexity index is 874. The molecule has 0 unspecified atom stereocenters. The summed E-state index contributed by atoms with van der Waals surface area (Å²) in [6, 6.07) is 10.4. The van der Waals surface area contributed by atoms with E-state index in [0.717, 1.165) is 11.1 Å². The van der Waals surface area contributed by atoms with Crippen molar-refractivity contribution < 1.29 is 27.4 Å². The number of fused-ring (bicyclic) bond motifs is 1. The van der Waals surface area contributed by atoms with Crippen LogP contribution in [0.5, 0.6) is 11.5 Å². The molecule has 0 spiro atoms. The van der Waals surface area contributed by atoms with Crippen LogP contribution in [0.15, 0.2) is 36.4 Å². The summed E-state index contributed by atoms with van der Waals surface area (Å²) in [5.41, 5.74) is 1.66. The van der Waals surface area contributed by atoms with Gasteiger partial charge in [0.2, 0.25) is 0 Å². The molecule has 0 radical (unpaired) electrons. The summed E-state index contributed by atoms with van der Waals surface area (Å²) in [6.45, 7) is 0.504. The van der Waals surface area contributed by atoms with Crippen molar-refractivity contribution in [3.05, 3.63) is 57.6 Å². The number of hydrogen-bond acceptors (Lipinski definition) is 3. The number of hydrogen-bond donors (Lipinski definition) is 1. The van der Waals surface area contributed by atoms with Gasteiger partial charge < -0.3 is 14.8 Å². The maximum Gasteiger partial charge on any atom is 0.471 e. The number of alkyl halides is 3. The van der Waals surface area contributed by atoms with Crippen LogP contribution in [0, 0.1) is 0 Å². The summed E-state index contributed by atoms with van der Waals surface area (Å²) in [5, 5.41) is 2.92. The van der Waals surface area contributed by atoms with Gasteiger partial charge in [-0.15, -0.1) is 0 Å². The van der Waals surface area contributed by atoms with Gasteiger partial charge in [0, 0.05) is 39.7 Å². The first-order chi connectivity index (χ1) is 13.2. The SMILES string of the molecule is O=C(NCC[C@@H]1COc2cc(OCc3ccc(Cl)cc3Cl)ccc21)C(F)(F)F. The standard InChI is InChI=1S/C19H16Cl2F3NO3/c20-13-2-1-12(16(21)7-13)10-27-14-3-4-15-11(9-28-17(15)8-14)5-6-25-18(26)19(22,23)24/h1-4,7-8,11H,5-6,9-10H2,(H,25,26)/t11-/m1/s1. The summed E-state index contributed by atoms with van der Waals surface area (Å²) in [6.07, 6.45) is -4.53. The predicted octanol–water partition coefficient (Wildman–Crippen LogP) is 5.12. The van der Waals surface area contributed by atoms with Gasteiger partial charge in [0.05, 0.1) is 6.61 Å². The number of rotatable bonds is 6. The van der Waals surface area contributed by atoms with Crippen LogP contribution in [0.4, 0.5) is 13.2 Å². The highest BCUT2D eigenvalue weighted by molar-refractivity contribution is 6.35. The van der Waals surface area contributed by atoms with Gasteiger partial charge >= 0.3 is 12.1 Å². The van der Waals surface area contributed by atoms with E-state index in [-0.39, 0.29) is 19.1 Å². The van der Waals surface area contributed by atoms with Crippen LogP contribution in [0.2, 0.25) is 10.0 Å². The molecule has 2 aromatic carbocycles. The second-order valence-corrected chi connectivity index (χ2v) is 7.12. The Labute approximate surface area is 169 Å². The van der Waals surface area contributed by atoms with Crippen LogP contribution < -0.4 is 14.8 Å². The van der Waals surface area contributed by atoms with Gasteiger partial charge in [-0.1, -0.05) is 35.3 Å². The Morgan fingerprint density at radius 1 is 1.21 bits per heavy atom. The second-order valence-electron chi connectivity index (χ2n) is 6.27. The van der Waals surface area contributed by atoms with Crippen LogP contribution >= 0.6 is 23.2 Å². The molecule has 1 amide bonds. The van der Waals surface area contributed by atoms with Crippen molar-refractivity contribution >= 4 is 29.1 Å². The molecule has 0 fully saturated rings. The zero-order chi connectivity index (χ0) is 20.3. The Kier molecular flexibility index (Phi) is 6.25. The maximum absolute atomic E-state index is 12.2. The van der Waals surface area contributed by atoms with E-state index in [9.17, 15) is 18.0 Å². The monoisotopic (exact) mass is 433 g/mol. The molecule has 0 saturated heterocycles.